The highest BCUT2D eigenvalue weighted by Crippen LogP contribution is 2.26. The van der Waals surface area contributed by atoms with Crippen molar-refractivity contribution >= 4 is 11.6 Å². The molecular weight excluding hydrogens is 290 g/mol. The van der Waals surface area contributed by atoms with Crippen LogP contribution in [0.25, 0.3) is 11.5 Å². The van der Waals surface area contributed by atoms with Gasteiger partial charge in [-0.1, -0.05) is 35.0 Å². The number of benzene rings is 1. The van der Waals surface area contributed by atoms with Crippen molar-refractivity contribution in [2.45, 2.75) is 13.0 Å². The molecule has 2 heterocycles. The van der Waals surface area contributed by atoms with Crippen molar-refractivity contribution in [2.75, 3.05) is 0 Å². The van der Waals surface area contributed by atoms with Gasteiger partial charge in [0.15, 0.2) is 0 Å². The van der Waals surface area contributed by atoms with Gasteiger partial charge in [-0.05, 0) is 24.6 Å². The van der Waals surface area contributed by atoms with E-state index in [0.717, 1.165) is 5.56 Å². The third-order valence-electron chi connectivity index (χ3n) is 2.95. The second-order valence-corrected chi connectivity index (χ2v) is 4.85. The first-order chi connectivity index (χ1) is 10.1. The summed E-state index contributed by atoms with van der Waals surface area (Å²) in [6.45, 7) is 1.79. The van der Waals surface area contributed by atoms with Crippen LogP contribution in [0.3, 0.4) is 0 Å². The molecule has 0 radical (unpaired) electrons. The fraction of sp³-hybridized carbons (Fsp3) is 0.143. The Balaban J connectivity index is 1.93. The predicted molar refractivity (Wildman–Crippen MR) is 77.5 cm³/mol. The maximum absolute atomic E-state index is 6.12. The zero-order chi connectivity index (χ0) is 14.8. The molecule has 1 aromatic carbocycles. The van der Waals surface area contributed by atoms with Crippen LogP contribution in [0.1, 0.15) is 23.3 Å². The van der Waals surface area contributed by atoms with Crippen LogP contribution in [0.4, 0.5) is 0 Å². The number of hydrogen-bond acceptors (Lipinski definition) is 6. The van der Waals surface area contributed by atoms with Crippen molar-refractivity contribution in [2.24, 2.45) is 5.73 Å². The molecule has 6 nitrogen and oxygen atoms in total. The molecule has 1 atom stereocenters. The van der Waals surface area contributed by atoms with Crippen LogP contribution in [-0.2, 0) is 0 Å². The fourth-order valence-electron chi connectivity index (χ4n) is 1.91. The smallest absolute Gasteiger partial charge is 0.248 e. The Morgan fingerprint density at radius 3 is 2.76 bits per heavy atom. The lowest BCUT2D eigenvalue weighted by Gasteiger charge is -2.08. The molecule has 2 N–H and O–H groups in total. The van der Waals surface area contributed by atoms with Crippen LogP contribution >= 0.6 is 11.6 Å². The Kier molecular flexibility index (Phi) is 3.64. The summed E-state index contributed by atoms with van der Waals surface area (Å²) in [5.74, 6) is 1.29. The molecule has 0 aliphatic rings. The van der Waals surface area contributed by atoms with Gasteiger partial charge in [-0.25, -0.2) is 9.97 Å². The van der Waals surface area contributed by atoms with E-state index in [-0.39, 0.29) is 5.89 Å². The molecule has 3 aromatic rings. The number of aromatic nitrogens is 4. The summed E-state index contributed by atoms with van der Waals surface area (Å²) < 4.78 is 5.22. The zero-order valence-electron chi connectivity index (χ0n) is 11.2. The SMILES string of the molecule is Cc1nccc(-c2noc([C@H](N)c3ccccc3Cl)n2)n1. The first kappa shape index (κ1) is 13.7. The van der Waals surface area contributed by atoms with Gasteiger partial charge in [0.05, 0.1) is 0 Å². The van der Waals surface area contributed by atoms with E-state index in [1.807, 2.05) is 18.2 Å². The highest BCUT2D eigenvalue weighted by molar-refractivity contribution is 6.31. The first-order valence-electron chi connectivity index (χ1n) is 6.29. The summed E-state index contributed by atoms with van der Waals surface area (Å²) in [5.41, 5.74) is 7.44. The van der Waals surface area contributed by atoms with E-state index in [1.165, 1.54) is 0 Å². The molecule has 0 unspecified atom stereocenters. The lowest BCUT2D eigenvalue weighted by molar-refractivity contribution is 0.367. The molecule has 2 aromatic heterocycles. The molecule has 7 heteroatoms. The molecule has 0 saturated carbocycles. The third kappa shape index (κ3) is 2.76. The van der Waals surface area contributed by atoms with Crippen molar-refractivity contribution < 1.29 is 4.52 Å². The van der Waals surface area contributed by atoms with Crippen LogP contribution in [0, 0.1) is 6.92 Å². The third-order valence-corrected chi connectivity index (χ3v) is 3.30. The molecule has 0 aliphatic heterocycles. The van der Waals surface area contributed by atoms with Gasteiger partial charge in [0, 0.05) is 11.2 Å². The fourth-order valence-corrected chi connectivity index (χ4v) is 2.16. The first-order valence-corrected chi connectivity index (χ1v) is 6.66. The minimum absolute atomic E-state index is 0.286. The van der Waals surface area contributed by atoms with Gasteiger partial charge in [0.1, 0.15) is 17.6 Å². The molecule has 0 amide bonds. The topological polar surface area (TPSA) is 90.7 Å². The molecule has 106 valence electrons. The standard InChI is InChI=1S/C14H12ClN5O/c1-8-17-7-6-11(18-8)13-19-14(21-20-13)12(16)9-4-2-3-5-10(9)15/h2-7,12H,16H2,1H3/t12-/m1/s1. The second-order valence-electron chi connectivity index (χ2n) is 4.44. The average molecular weight is 302 g/mol. The monoisotopic (exact) mass is 301 g/mol. The van der Waals surface area contributed by atoms with E-state index in [0.29, 0.717) is 22.4 Å². The van der Waals surface area contributed by atoms with Crippen LogP contribution < -0.4 is 5.73 Å². The molecule has 3 rings (SSSR count). The normalized spacial score (nSPS) is 12.3. The summed E-state index contributed by atoms with van der Waals surface area (Å²) in [6.07, 6.45) is 1.64. The molecule has 0 spiro atoms. The van der Waals surface area contributed by atoms with Gasteiger partial charge >= 0.3 is 0 Å². The predicted octanol–water partition coefficient (Wildman–Crippen LogP) is 2.54. The lowest BCUT2D eigenvalue weighted by Crippen LogP contribution is -2.12. The Morgan fingerprint density at radius 2 is 2.00 bits per heavy atom. The van der Waals surface area contributed by atoms with Gasteiger partial charge in [0.2, 0.25) is 11.7 Å². The Bertz CT molecular complexity index is 773. The van der Waals surface area contributed by atoms with E-state index < -0.39 is 6.04 Å². The van der Waals surface area contributed by atoms with Gasteiger partial charge < -0.3 is 10.3 Å². The van der Waals surface area contributed by atoms with Crippen LogP contribution in [0.5, 0.6) is 0 Å². The largest absolute Gasteiger partial charge is 0.337 e. The highest BCUT2D eigenvalue weighted by Gasteiger charge is 2.20. The summed E-state index contributed by atoms with van der Waals surface area (Å²) in [6, 6.07) is 8.41. The van der Waals surface area contributed by atoms with Gasteiger partial charge in [-0.15, -0.1) is 0 Å². The number of halogens is 1. The van der Waals surface area contributed by atoms with Crippen LogP contribution in [-0.4, -0.2) is 20.1 Å². The van der Waals surface area contributed by atoms with Crippen molar-refractivity contribution in [1.29, 1.82) is 0 Å². The van der Waals surface area contributed by atoms with E-state index in [9.17, 15) is 0 Å². The Labute approximate surface area is 126 Å². The van der Waals surface area contributed by atoms with E-state index >= 15 is 0 Å². The number of nitrogens with zero attached hydrogens (tertiary/aromatic N) is 4. The number of aryl methyl sites for hydroxylation is 1. The molecular formula is C14H12ClN5O. The summed E-state index contributed by atoms with van der Waals surface area (Å²) in [5, 5.41) is 4.46. The van der Waals surface area contributed by atoms with Gasteiger partial charge in [-0.3, -0.25) is 0 Å². The quantitative estimate of drug-likeness (QED) is 0.799. The summed E-state index contributed by atoms with van der Waals surface area (Å²) >= 11 is 6.12. The van der Waals surface area contributed by atoms with Gasteiger partial charge in [-0.2, -0.15) is 4.98 Å². The maximum Gasteiger partial charge on any atom is 0.248 e. The van der Waals surface area contributed by atoms with Gasteiger partial charge in [0.25, 0.3) is 0 Å². The maximum atomic E-state index is 6.12. The number of nitrogens with two attached hydrogens (primary N) is 1. The molecule has 21 heavy (non-hydrogen) atoms. The van der Waals surface area contributed by atoms with Crippen LogP contribution in [0.15, 0.2) is 41.1 Å². The van der Waals surface area contributed by atoms with E-state index in [2.05, 4.69) is 20.1 Å². The lowest BCUT2D eigenvalue weighted by atomic mass is 10.1. The highest BCUT2D eigenvalue weighted by atomic mass is 35.5. The molecule has 0 saturated heterocycles. The van der Waals surface area contributed by atoms with E-state index in [1.54, 1.807) is 25.3 Å². The number of hydrogen-bond donors (Lipinski definition) is 1. The Morgan fingerprint density at radius 1 is 1.19 bits per heavy atom. The summed E-state index contributed by atoms with van der Waals surface area (Å²) in [7, 11) is 0. The minimum atomic E-state index is -0.581. The Hall–Kier alpha value is -2.31. The van der Waals surface area contributed by atoms with E-state index in [4.69, 9.17) is 21.9 Å². The van der Waals surface area contributed by atoms with Crippen molar-refractivity contribution in [1.82, 2.24) is 20.1 Å². The average Bonchev–Trinajstić information content (AvgIpc) is 2.97. The van der Waals surface area contributed by atoms with Crippen molar-refractivity contribution in [3.63, 3.8) is 0 Å². The molecule has 0 fully saturated rings. The zero-order valence-corrected chi connectivity index (χ0v) is 11.9. The van der Waals surface area contributed by atoms with Crippen molar-refractivity contribution in [3.8, 4) is 11.5 Å². The molecule has 0 bridgehead atoms. The van der Waals surface area contributed by atoms with Crippen LogP contribution in [0.2, 0.25) is 5.02 Å². The second kappa shape index (κ2) is 5.59. The molecule has 0 aliphatic carbocycles. The number of rotatable bonds is 3. The minimum Gasteiger partial charge on any atom is -0.337 e. The van der Waals surface area contributed by atoms with Crippen molar-refractivity contribution in [3.05, 3.63) is 58.8 Å². The summed E-state index contributed by atoms with van der Waals surface area (Å²) in [4.78, 5) is 12.6.